The Labute approximate surface area is 153 Å². The number of rotatable bonds is 2. The summed E-state index contributed by atoms with van der Waals surface area (Å²) in [6.45, 7) is 0. The maximum atomic E-state index is 10.9. The summed E-state index contributed by atoms with van der Waals surface area (Å²) in [4.78, 5) is 47.7. The standard InChI is InChI=1S/C8H2N4O6.2Na/c13-7-8(14)10-4-2-6(12(17)18)5(11(15)16)1-3(4)9-7;;/h1-2H;;. The Morgan fingerprint density at radius 2 is 1.10 bits per heavy atom. The molecular formula is C8H2N4Na2O6. The molecular weight excluding hydrogens is 294 g/mol. The van der Waals surface area contributed by atoms with Crippen molar-refractivity contribution in [1.29, 1.82) is 0 Å². The van der Waals surface area contributed by atoms with Crippen molar-refractivity contribution >= 4 is 82.3 Å². The van der Waals surface area contributed by atoms with Crippen LogP contribution in [0.25, 0.3) is 0 Å². The third-order valence-corrected chi connectivity index (χ3v) is 2.09. The summed E-state index contributed by atoms with van der Waals surface area (Å²) in [5, 5.41) is 20.8. The number of amides is 2. The number of carbonyl (C=O) groups is 2. The minimum absolute atomic E-state index is 0. The Kier molecular flexibility index (Phi) is 6.74. The molecule has 10 nitrogen and oxygen atoms in total. The van der Waals surface area contributed by atoms with E-state index in [-0.39, 0.29) is 69.8 Å². The molecule has 1 aliphatic heterocycles. The summed E-state index contributed by atoms with van der Waals surface area (Å²) < 4.78 is 0. The summed E-state index contributed by atoms with van der Waals surface area (Å²) in [5.74, 6) is -2.35. The molecule has 0 N–H and O–H groups in total. The van der Waals surface area contributed by atoms with E-state index < -0.39 is 33.0 Å². The first-order chi connectivity index (χ1) is 8.40. The summed E-state index contributed by atoms with van der Waals surface area (Å²) >= 11 is 0. The van der Waals surface area contributed by atoms with Gasteiger partial charge in [-0.25, -0.2) is 9.98 Å². The van der Waals surface area contributed by atoms with Gasteiger partial charge in [-0.2, -0.15) is 0 Å². The fourth-order valence-electron chi connectivity index (χ4n) is 1.34. The largest absolute Gasteiger partial charge is 0.348 e. The molecule has 20 heavy (non-hydrogen) atoms. The molecule has 2 amide bonds. The van der Waals surface area contributed by atoms with Gasteiger partial charge in [0, 0.05) is 59.1 Å². The SMILES string of the molecule is O=C1N=c2cc([N+](=O)[O-])c([N+](=O)[O-])cc2=NC1=O.[Na].[Na]. The van der Waals surface area contributed by atoms with E-state index >= 15 is 0 Å². The van der Waals surface area contributed by atoms with Gasteiger partial charge < -0.3 is 0 Å². The van der Waals surface area contributed by atoms with Crippen LogP contribution in [-0.4, -0.2) is 80.8 Å². The van der Waals surface area contributed by atoms with Gasteiger partial charge in [0.25, 0.3) is 0 Å². The van der Waals surface area contributed by atoms with E-state index in [1.165, 1.54) is 0 Å². The van der Waals surface area contributed by atoms with Crippen LogP contribution in [0.4, 0.5) is 11.4 Å². The van der Waals surface area contributed by atoms with Crippen LogP contribution in [0.5, 0.6) is 0 Å². The molecule has 0 aromatic heterocycles. The number of nitro groups is 2. The zero-order valence-electron chi connectivity index (χ0n) is 10.4. The Bertz CT molecular complexity index is 683. The Morgan fingerprint density at radius 3 is 1.35 bits per heavy atom. The molecule has 1 heterocycles. The summed E-state index contributed by atoms with van der Waals surface area (Å²) in [6, 6.07) is 1.47. The van der Waals surface area contributed by atoms with Gasteiger partial charge in [0.05, 0.1) is 22.0 Å². The van der Waals surface area contributed by atoms with Crippen molar-refractivity contribution in [3.05, 3.63) is 43.1 Å². The average Bonchev–Trinajstić information content (AvgIpc) is 2.28. The Balaban J connectivity index is 0.00000180. The van der Waals surface area contributed by atoms with Gasteiger partial charge in [-0.05, 0) is 0 Å². The molecule has 0 saturated heterocycles. The quantitative estimate of drug-likeness (QED) is 0.268. The molecule has 0 atom stereocenters. The first-order valence-corrected chi connectivity index (χ1v) is 4.38. The molecule has 0 aliphatic carbocycles. The molecule has 0 fully saturated rings. The van der Waals surface area contributed by atoms with Crippen LogP contribution in [0.3, 0.4) is 0 Å². The third kappa shape index (κ3) is 3.53. The van der Waals surface area contributed by atoms with Crippen LogP contribution in [0.15, 0.2) is 22.1 Å². The van der Waals surface area contributed by atoms with Crippen molar-refractivity contribution < 1.29 is 19.4 Å². The molecule has 2 radical (unpaired) electrons. The zero-order valence-corrected chi connectivity index (χ0v) is 14.4. The van der Waals surface area contributed by atoms with Crippen molar-refractivity contribution in [2.75, 3.05) is 0 Å². The molecule has 2 rings (SSSR count). The number of nitro benzene ring substituents is 2. The number of fused-ring (bicyclic) bond motifs is 1. The van der Waals surface area contributed by atoms with Crippen molar-refractivity contribution in [2.24, 2.45) is 9.98 Å². The molecule has 0 bridgehead atoms. The van der Waals surface area contributed by atoms with E-state index in [1.54, 1.807) is 0 Å². The number of hydrogen-bond acceptors (Lipinski definition) is 6. The van der Waals surface area contributed by atoms with Crippen LogP contribution in [0, 0.1) is 20.2 Å². The Morgan fingerprint density at radius 1 is 0.800 bits per heavy atom. The summed E-state index contributed by atoms with van der Waals surface area (Å²) in [6.07, 6.45) is 0. The average molecular weight is 296 g/mol. The molecule has 1 aliphatic rings. The van der Waals surface area contributed by atoms with Gasteiger partial charge >= 0.3 is 23.2 Å². The van der Waals surface area contributed by atoms with E-state index in [9.17, 15) is 29.8 Å². The molecule has 0 unspecified atom stereocenters. The van der Waals surface area contributed by atoms with Crippen molar-refractivity contribution in [1.82, 2.24) is 0 Å². The number of hydrogen-bond donors (Lipinski definition) is 0. The minimum atomic E-state index is -1.18. The second kappa shape index (κ2) is 7.11. The summed E-state index contributed by atoms with van der Waals surface area (Å²) in [5.41, 5.74) is -1.64. The van der Waals surface area contributed by atoms with Gasteiger partial charge in [0.1, 0.15) is 10.7 Å². The van der Waals surface area contributed by atoms with Gasteiger partial charge in [-0.15, -0.1) is 0 Å². The molecule has 0 spiro atoms. The molecule has 1 aromatic carbocycles. The van der Waals surface area contributed by atoms with Crippen LogP contribution < -0.4 is 10.7 Å². The second-order valence-electron chi connectivity index (χ2n) is 3.18. The predicted molar refractivity (Wildman–Crippen MR) is 63.6 cm³/mol. The van der Waals surface area contributed by atoms with Crippen LogP contribution in [0.2, 0.25) is 0 Å². The van der Waals surface area contributed by atoms with Crippen LogP contribution >= 0.6 is 0 Å². The van der Waals surface area contributed by atoms with E-state index in [0.717, 1.165) is 12.1 Å². The van der Waals surface area contributed by atoms with Gasteiger partial charge in [-0.1, -0.05) is 0 Å². The first-order valence-electron chi connectivity index (χ1n) is 4.38. The fourth-order valence-corrected chi connectivity index (χ4v) is 1.34. The van der Waals surface area contributed by atoms with Crippen molar-refractivity contribution in [3.63, 3.8) is 0 Å². The third-order valence-electron chi connectivity index (χ3n) is 2.09. The molecule has 0 saturated carbocycles. The summed E-state index contributed by atoms with van der Waals surface area (Å²) in [7, 11) is 0. The maximum absolute atomic E-state index is 10.9. The number of benzene rings is 1. The van der Waals surface area contributed by atoms with Crippen molar-refractivity contribution in [2.45, 2.75) is 0 Å². The van der Waals surface area contributed by atoms with E-state index in [1.807, 2.05) is 0 Å². The van der Waals surface area contributed by atoms with Gasteiger partial charge in [0.15, 0.2) is 0 Å². The van der Waals surface area contributed by atoms with Crippen LogP contribution in [-0.2, 0) is 9.59 Å². The number of carbonyl (C=O) groups excluding carboxylic acids is 2. The Hall–Kier alpha value is -1.04. The predicted octanol–water partition coefficient (Wildman–Crippen LogP) is -1.95. The van der Waals surface area contributed by atoms with Crippen LogP contribution in [0.1, 0.15) is 0 Å². The maximum Gasteiger partial charge on any atom is 0.348 e. The molecule has 12 heteroatoms. The fraction of sp³-hybridized carbons (Fsp3) is 0. The monoisotopic (exact) mass is 296 g/mol. The van der Waals surface area contributed by atoms with Gasteiger partial charge in [-0.3, -0.25) is 29.8 Å². The van der Waals surface area contributed by atoms with Gasteiger partial charge in [0.2, 0.25) is 0 Å². The zero-order chi connectivity index (χ0) is 13.4. The van der Waals surface area contributed by atoms with E-state index in [4.69, 9.17) is 0 Å². The van der Waals surface area contributed by atoms with Crippen molar-refractivity contribution in [3.8, 4) is 0 Å². The smallest absolute Gasteiger partial charge is 0.261 e. The number of nitrogens with zero attached hydrogens (tertiary/aromatic N) is 4. The normalized spacial score (nSPS) is 12.0. The first kappa shape index (κ1) is 19.0. The second-order valence-corrected chi connectivity index (χ2v) is 3.18. The molecule has 92 valence electrons. The van der Waals surface area contributed by atoms with E-state index in [2.05, 4.69) is 9.98 Å². The molecule has 1 aromatic rings. The minimum Gasteiger partial charge on any atom is -0.261 e. The van der Waals surface area contributed by atoms with E-state index in [0.29, 0.717) is 0 Å². The topological polar surface area (TPSA) is 145 Å².